The topological polar surface area (TPSA) is 95.5 Å². The van der Waals surface area contributed by atoms with Crippen LogP contribution < -0.4 is 10.3 Å². The van der Waals surface area contributed by atoms with Crippen LogP contribution in [-0.4, -0.2) is 38.8 Å². The van der Waals surface area contributed by atoms with Gasteiger partial charge in [0.05, 0.1) is 23.2 Å². The van der Waals surface area contributed by atoms with Crippen molar-refractivity contribution in [1.29, 1.82) is 0 Å². The van der Waals surface area contributed by atoms with Crippen molar-refractivity contribution in [3.05, 3.63) is 116 Å². The van der Waals surface area contributed by atoms with E-state index in [1.807, 2.05) is 18.2 Å². The number of halogens is 4. The van der Waals surface area contributed by atoms with E-state index < -0.39 is 18.4 Å². The zero-order chi connectivity index (χ0) is 30.4. The van der Waals surface area contributed by atoms with E-state index in [0.717, 1.165) is 18.4 Å². The zero-order valence-corrected chi connectivity index (χ0v) is 23.6. The number of H-pyrrole nitrogens is 1. The molecule has 0 saturated heterocycles. The second-order valence-corrected chi connectivity index (χ2v) is 11.3. The van der Waals surface area contributed by atoms with E-state index in [-0.39, 0.29) is 23.3 Å². The fourth-order valence-corrected chi connectivity index (χ4v) is 5.85. The van der Waals surface area contributed by atoms with Crippen LogP contribution in [0, 0.1) is 0 Å². The SMILES string of the molecule is O=C(C(O)c1cccc(-c2ccc(OC(F)(F)F)cc2)c1)N1CCCc2nc(C3(c4cccc(Cl)c4)CC3)[nH]c(=O)c2C1. The van der Waals surface area contributed by atoms with Gasteiger partial charge in [-0.2, -0.15) is 0 Å². The molecule has 0 bridgehead atoms. The Morgan fingerprint density at radius 1 is 1.05 bits per heavy atom. The van der Waals surface area contributed by atoms with Crippen LogP contribution in [-0.2, 0) is 23.2 Å². The largest absolute Gasteiger partial charge is 0.573 e. The Labute approximate surface area is 249 Å². The Balaban J connectivity index is 1.20. The molecule has 3 aromatic carbocycles. The summed E-state index contributed by atoms with van der Waals surface area (Å²) in [5.74, 6) is -0.300. The normalized spacial score (nSPS) is 16.6. The van der Waals surface area contributed by atoms with Gasteiger partial charge in [-0.15, -0.1) is 13.2 Å². The number of hydrogen-bond acceptors (Lipinski definition) is 5. The maximum atomic E-state index is 13.5. The number of alkyl halides is 3. The van der Waals surface area contributed by atoms with Crippen molar-refractivity contribution in [2.45, 2.75) is 50.1 Å². The summed E-state index contributed by atoms with van der Waals surface area (Å²) in [6, 6.07) is 19.5. The molecule has 1 aliphatic heterocycles. The highest BCUT2D eigenvalue weighted by atomic mass is 35.5. The lowest BCUT2D eigenvalue weighted by Crippen LogP contribution is -2.36. The van der Waals surface area contributed by atoms with Crippen LogP contribution in [0.15, 0.2) is 77.6 Å². The average Bonchev–Trinajstić information content (AvgIpc) is 3.81. The van der Waals surface area contributed by atoms with E-state index in [1.54, 1.807) is 30.3 Å². The number of carbonyl (C=O) groups is 1. The third-order valence-corrected chi connectivity index (χ3v) is 8.28. The fourth-order valence-electron chi connectivity index (χ4n) is 5.66. The molecular formula is C32H27ClF3N3O4. The predicted molar refractivity (Wildman–Crippen MR) is 154 cm³/mol. The number of benzene rings is 3. The highest BCUT2D eigenvalue weighted by Gasteiger charge is 2.49. The Morgan fingerprint density at radius 2 is 1.79 bits per heavy atom. The summed E-state index contributed by atoms with van der Waals surface area (Å²) in [7, 11) is 0. The standard InChI is InChI=1S/C32H27ClF3N3O4/c33-23-7-2-6-22(17-23)31(13-14-31)30-37-26-8-3-15-39(18-25(26)28(41)38-30)29(42)27(40)21-5-1-4-20(16-21)19-9-11-24(12-10-19)43-32(34,35)36/h1-2,4-7,9-12,16-17,27,40H,3,8,13-15,18H2,(H,37,38,41). The summed E-state index contributed by atoms with van der Waals surface area (Å²) >= 11 is 6.23. The minimum Gasteiger partial charge on any atom is -0.406 e. The van der Waals surface area contributed by atoms with Gasteiger partial charge in [0, 0.05) is 11.6 Å². The molecule has 1 fully saturated rings. The first kappa shape index (κ1) is 28.9. The lowest BCUT2D eigenvalue weighted by Gasteiger charge is -2.24. The van der Waals surface area contributed by atoms with Crippen molar-refractivity contribution in [2.24, 2.45) is 0 Å². The molecule has 1 unspecified atom stereocenters. The predicted octanol–water partition coefficient (Wildman–Crippen LogP) is 6.08. The highest BCUT2D eigenvalue weighted by Crippen LogP contribution is 2.52. The van der Waals surface area contributed by atoms with Gasteiger partial charge in [0.1, 0.15) is 11.6 Å². The number of hydrogen-bond donors (Lipinski definition) is 2. The quantitative estimate of drug-likeness (QED) is 0.276. The summed E-state index contributed by atoms with van der Waals surface area (Å²) < 4.78 is 41.4. The van der Waals surface area contributed by atoms with Gasteiger partial charge >= 0.3 is 6.36 Å². The van der Waals surface area contributed by atoms with Gasteiger partial charge in [0.2, 0.25) is 0 Å². The minimum atomic E-state index is -4.79. The van der Waals surface area contributed by atoms with Crippen molar-refractivity contribution < 1.29 is 27.8 Å². The number of aryl methyl sites for hydroxylation is 1. The molecular weight excluding hydrogens is 583 g/mol. The number of rotatable bonds is 6. The summed E-state index contributed by atoms with van der Waals surface area (Å²) in [5, 5.41) is 11.7. The minimum absolute atomic E-state index is 0.0123. The number of amides is 1. The van der Waals surface area contributed by atoms with Crippen LogP contribution in [0.25, 0.3) is 11.1 Å². The number of fused-ring (bicyclic) bond motifs is 1. The number of aromatic nitrogens is 2. The van der Waals surface area contributed by atoms with Gasteiger partial charge in [-0.25, -0.2) is 4.98 Å². The number of nitrogens with one attached hydrogen (secondary N) is 1. The molecule has 1 aromatic heterocycles. The first-order valence-corrected chi connectivity index (χ1v) is 14.2. The van der Waals surface area contributed by atoms with Crippen molar-refractivity contribution in [3.63, 3.8) is 0 Å². The molecule has 2 N–H and O–H groups in total. The van der Waals surface area contributed by atoms with Gasteiger partial charge in [0.25, 0.3) is 11.5 Å². The number of carbonyl (C=O) groups excluding carboxylic acids is 1. The molecule has 222 valence electrons. The lowest BCUT2D eigenvalue weighted by atomic mass is 9.94. The van der Waals surface area contributed by atoms with Crippen LogP contribution in [0.5, 0.6) is 5.75 Å². The van der Waals surface area contributed by atoms with E-state index in [9.17, 15) is 27.9 Å². The molecule has 43 heavy (non-hydrogen) atoms. The monoisotopic (exact) mass is 609 g/mol. The van der Waals surface area contributed by atoms with E-state index in [0.29, 0.717) is 58.2 Å². The summed E-state index contributed by atoms with van der Waals surface area (Å²) in [6.45, 7) is 0.346. The average molecular weight is 610 g/mol. The lowest BCUT2D eigenvalue weighted by molar-refractivity contribution is -0.274. The van der Waals surface area contributed by atoms with Crippen LogP contribution >= 0.6 is 11.6 Å². The summed E-state index contributed by atoms with van der Waals surface area (Å²) in [4.78, 5) is 36.1. The van der Waals surface area contributed by atoms with Crippen LogP contribution in [0.2, 0.25) is 5.02 Å². The van der Waals surface area contributed by atoms with E-state index in [1.165, 1.54) is 29.2 Å². The van der Waals surface area contributed by atoms with Gasteiger partial charge in [-0.05, 0) is 78.3 Å². The highest BCUT2D eigenvalue weighted by molar-refractivity contribution is 6.30. The van der Waals surface area contributed by atoms with Crippen LogP contribution in [0.4, 0.5) is 13.2 Å². The third-order valence-electron chi connectivity index (χ3n) is 8.04. The molecule has 2 aliphatic rings. The first-order valence-electron chi connectivity index (χ1n) is 13.8. The van der Waals surface area contributed by atoms with Crippen molar-refractivity contribution in [1.82, 2.24) is 14.9 Å². The van der Waals surface area contributed by atoms with Gasteiger partial charge in [-0.1, -0.05) is 54.1 Å². The number of aromatic amines is 1. The van der Waals surface area contributed by atoms with E-state index in [4.69, 9.17) is 16.6 Å². The van der Waals surface area contributed by atoms with Crippen LogP contribution in [0.3, 0.4) is 0 Å². The maximum absolute atomic E-state index is 13.5. The summed E-state index contributed by atoms with van der Waals surface area (Å²) in [5.41, 5.74) is 2.88. The molecule has 6 rings (SSSR count). The smallest absolute Gasteiger partial charge is 0.406 e. The molecule has 11 heteroatoms. The van der Waals surface area contributed by atoms with E-state index in [2.05, 4.69) is 9.72 Å². The molecule has 7 nitrogen and oxygen atoms in total. The van der Waals surface area contributed by atoms with Crippen LogP contribution in [0.1, 0.15) is 53.6 Å². The summed E-state index contributed by atoms with van der Waals surface area (Å²) in [6.07, 6.45) is -3.52. The Bertz CT molecular complexity index is 1740. The molecule has 0 spiro atoms. The number of ether oxygens (including phenoxy) is 1. The van der Waals surface area contributed by atoms with Crippen molar-refractivity contribution in [2.75, 3.05) is 6.54 Å². The molecule has 1 saturated carbocycles. The second kappa shape index (κ2) is 11.2. The third kappa shape index (κ3) is 6.03. The van der Waals surface area contributed by atoms with Crippen molar-refractivity contribution >= 4 is 17.5 Å². The Hall–Kier alpha value is -4.15. The molecule has 1 aliphatic carbocycles. The zero-order valence-electron chi connectivity index (χ0n) is 22.8. The number of aliphatic hydroxyl groups excluding tert-OH is 1. The molecule has 4 aromatic rings. The number of nitrogens with zero attached hydrogens (tertiary/aromatic N) is 2. The Kier molecular flexibility index (Phi) is 7.52. The molecule has 2 heterocycles. The number of aliphatic hydroxyl groups is 1. The van der Waals surface area contributed by atoms with Gasteiger partial charge < -0.3 is 19.7 Å². The van der Waals surface area contributed by atoms with Gasteiger partial charge in [-0.3, -0.25) is 9.59 Å². The molecule has 0 radical (unpaired) electrons. The Morgan fingerprint density at radius 3 is 2.49 bits per heavy atom. The maximum Gasteiger partial charge on any atom is 0.573 e. The van der Waals surface area contributed by atoms with Gasteiger partial charge in [0.15, 0.2) is 6.10 Å². The molecule has 1 atom stereocenters. The fraction of sp³-hybridized carbons (Fsp3) is 0.281. The first-order chi connectivity index (χ1) is 20.5. The molecule has 1 amide bonds. The second-order valence-electron chi connectivity index (χ2n) is 10.9. The van der Waals surface area contributed by atoms with E-state index >= 15 is 0 Å². The van der Waals surface area contributed by atoms with Crippen molar-refractivity contribution in [3.8, 4) is 16.9 Å².